The van der Waals surface area contributed by atoms with Gasteiger partial charge in [-0.1, -0.05) is 12.1 Å². The van der Waals surface area contributed by atoms with E-state index in [1.165, 1.54) is 11.1 Å². The second-order valence-corrected chi connectivity index (χ2v) is 10.7. The normalized spacial score (nSPS) is 20.9. The summed E-state index contributed by atoms with van der Waals surface area (Å²) in [4.78, 5) is 12.8. The van der Waals surface area contributed by atoms with E-state index in [0.29, 0.717) is 25.1 Å². The van der Waals surface area contributed by atoms with E-state index in [-0.39, 0.29) is 12.5 Å². The zero-order valence-corrected chi connectivity index (χ0v) is 20.3. The van der Waals surface area contributed by atoms with Gasteiger partial charge in [0, 0.05) is 41.0 Å². The molecule has 5 rings (SSSR count). The summed E-state index contributed by atoms with van der Waals surface area (Å²) in [5, 5.41) is 4.40. The van der Waals surface area contributed by atoms with Crippen molar-refractivity contribution in [3.05, 3.63) is 53.1 Å². The number of fused-ring (bicyclic) bond motifs is 4. The maximum absolute atomic E-state index is 12.8. The lowest BCUT2D eigenvalue weighted by atomic mass is 9.98. The Morgan fingerprint density at radius 2 is 1.91 bits per heavy atom. The first kappa shape index (κ1) is 22.9. The van der Waals surface area contributed by atoms with Crippen LogP contribution in [0.15, 0.2) is 36.4 Å². The average molecular weight is 483 g/mol. The van der Waals surface area contributed by atoms with E-state index >= 15 is 0 Å². The fraction of sp³-hybridized carbons (Fsp3) is 0.400. The number of nitrogens with zero attached hydrogens (tertiary/aromatic N) is 1. The lowest BCUT2D eigenvalue weighted by Gasteiger charge is -2.27. The predicted octanol–water partition coefficient (Wildman–Crippen LogP) is 2.88. The molecule has 1 aromatic heterocycles. The van der Waals surface area contributed by atoms with Crippen molar-refractivity contribution >= 4 is 27.0 Å². The SMILES string of the molecule is Cc1ccc2c(c1C)-c1cc3ccc4cc3n1CC(CCNCCCNS(=O)(=O)NC4=O)CO2. The molecule has 9 heteroatoms. The fourth-order valence-corrected chi connectivity index (χ4v) is 5.64. The van der Waals surface area contributed by atoms with Gasteiger partial charge in [0.2, 0.25) is 0 Å². The molecule has 180 valence electrons. The Balaban J connectivity index is 1.68. The number of nitrogens with one attached hydrogen (secondary N) is 3. The van der Waals surface area contributed by atoms with E-state index in [9.17, 15) is 13.2 Å². The molecular weight excluding hydrogens is 452 g/mol. The second-order valence-electron chi connectivity index (χ2n) is 9.19. The molecule has 2 aromatic carbocycles. The first-order chi connectivity index (χ1) is 16.3. The number of amides is 1. The van der Waals surface area contributed by atoms with E-state index in [0.717, 1.165) is 47.4 Å². The molecule has 2 aliphatic rings. The molecule has 2 aliphatic heterocycles. The minimum atomic E-state index is -3.93. The first-order valence-corrected chi connectivity index (χ1v) is 13.2. The van der Waals surface area contributed by atoms with Gasteiger partial charge in [-0.15, -0.1) is 0 Å². The van der Waals surface area contributed by atoms with Crippen LogP contribution in [0.3, 0.4) is 0 Å². The van der Waals surface area contributed by atoms with E-state index in [4.69, 9.17) is 4.74 Å². The van der Waals surface area contributed by atoms with Crippen molar-refractivity contribution in [3.8, 4) is 17.0 Å². The standard InChI is InChI=1S/C25H30N4O4S/c1-16-4-7-23-24(17(16)2)22-12-19-5-6-20-13-21(19)29(22)14-18(15-33-23)8-11-26-9-3-10-27-34(31,32)28-25(20)30/h4-7,12-13,18,26-27H,3,8-11,14-15H2,1-2H3,(H,28,30). The largest absolute Gasteiger partial charge is 0.493 e. The van der Waals surface area contributed by atoms with Crippen molar-refractivity contribution in [1.82, 2.24) is 19.3 Å². The predicted molar refractivity (Wildman–Crippen MR) is 132 cm³/mol. The zero-order valence-electron chi connectivity index (χ0n) is 19.5. The number of rotatable bonds is 0. The second kappa shape index (κ2) is 9.05. The Bertz CT molecular complexity index is 1360. The van der Waals surface area contributed by atoms with Gasteiger partial charge in [-0.25, -0.2) is 4.72 Å². The lowest BCUT2D eigenvalue weighted by molar-refractivity contribution is 0.0981. The van der Waals surface area contributed by atoms with Gasteiger partial charge >= 0.3 is 10.2 Å². The molecule has 0 saturated heterocycles. The molecule has 0 fully saturated rings. The molecule has 0 radical (unpaired) electrons. The first-order valence-electron chi connectivity index (χ1n) is 11.7. The molecule has 1 atom stereocenters. The van der Waals surface area contributed by atoms with Crippen molar-refractivity contribution in [2.24, 2.45) is 5.92 Å². The average Bonchev–Trinajstić information content (AvgIpc) is 3.12. The number of ether oxygens (including phenoxy) is 1. The summed E-state index contributed by atoms with van der Waals surface area (Å²) in [7, 11) is -3.93. The smallest absolute Gasteiger partial charge is 0.301 e. The topological polar surface area (TPSA) is 101 Å². The Hall–Kier alpha value is -2.88. The van der Waals surface area contributed by atoms with Crippen molar-refractivity contribution < 1.29 is 17.9 Å². The van der Waals surface area contributed by atoms with Crippen molar-refractivity contribution in [2.75, 3.05) is 26.2 Å². The third kappa shape index (κ3) is 4.43. The van der Waals surface area contributed by atoms with Crippen LogP contribution in [0, 0.1) is 19.8 Å². The number of aromatic nitrogens is 1. The van der Waals surface area contributed by atoms with Crippen LogP contribution in [-0.2, 0) is 16.8 Å². The van der Waals surface area contributed by atoms with Gasteiger partial charge in [-0.05, 0) is 75.2 Å². The molecule has 34 heavy (non-hydrogen) atoms. The molecule has 3 N–H and O–H groups in total. The third-order valence-electron chi connectivity index (χ3n) is 6.81. The number of benzene rings is 2. The highest BCUT2D eigenvalue weighted by Gasteiger charge is 2.25. The highest BCUT2D eigenvalue weighted by atomic mass is 32.2. The molecule has 3 aromatic rings. The fourth-order valence-electron chi connectivity index (χ4n) is 4.79. The summed E-state index contributed by atoms with van der Waals surface area (Å²) >= 11 is 0. The molecule has 3 heterocycles. The summed E-state index contributed by atoms with van der Waals surface area (Å²) in [6, 6.07) is 11.6. The zero-order chi connectivity index (χ0) is 23.9. The van der Waals surface area contributed by atoms with Crippen LogP contribution in [0.25, 0.3) is 22.2 Å². The van der Waals surface area contributed by atoms with E-state index < -0.39 is 16.1 Å². The Labute approximate surface area is 199 Å². The number of hydrogen-bond acceptors (Lipinski definition) is 5. The Morgan fingerprint density at radius 1 is 1.06 bits per heavy atom. The highest BCUT2D eigenvalue weighted by molar-refractivity contribution is 7.88. The Morgan fingerprint density at radius 3 is 2.76 bits per heavy atom. The number of aryl methyl sites for hydroxylation is 1. The van der Waals surface area contributed by atoms with Crippen molar-refractivity contribution in [2.45, 2.75) is 33.2 Å². The molecule has 1 unspecified atom stereocenters. The van der Waals surface area contributed by atoms with Crippen molar-refractivity contribution in [1.29, 1.82) is 0 Å². The van der Waals surface area contributed by atoms with Crippen LogP contribution in [0.2, 0.25) is 0 Å². The minimum Gasteiger partial charge on any atom is -0.493 e. The quantitative estimate of drug-likeness (QED) is 0.457. The maximum Gasteiger partial charge on any atom is 0.301 e. The van der Waals surface area contributed by atoms with Gasteiger partial charge in [-0.2, -0.15) is 13.1 Å². The molecule has 0 aliphatic carbocycles. The number of hydrogen-bond donors (Lipinski definition) is 3. The number of carbonyl (C=O) groups is 1. The van der Waals surface area contributed by atoms with Gasteiger partial charge in [0.05, 0.1) is 12.3 Å². The Kier molecular flexibility index (Phi) is 6.09. The van der Waals surface area contributed by atoms with E-state index in [1.54, 1.807) is 12.1 Å². The summed E-state index contributed by atoms with van der Waals surface area (Å²) < 4.78 is 37.8. The van der Waals surface area contributed by atoms with Crippen LogP contribution >= 0.6 is 0 Å². The summed E-state index contributed by atoms with van der Waals surface area (Å²) in [6.07, 6.45) is 1.55. The van der Waals surface area contributed by atoms with Gasteiger partial charge in [-0.3, -0.25) is 4.79 Å². The lowest BCUT2D eigenvalue weighted by Crippen LogP contribution is -2.41. The molecule has 8 nitrogen and oxygen atoms in total. The van der Waals surface area contributed by atoms with Gasteiger partial charge in [0.1, 0.15) is 5.75 Å². The van der Waals surface area contributed by atoms with Crippen LogP contribution in [0.1, 0.15) is 34.3 Å². The van der Waals surface area contributed by atoms with E-state index in [1.807, 2.05) is 12.1 Å². The summed E-state index contributed by atoms with van der Waals surface area (Å²) in [5.74, 6) is 0.503. The summed E-state index contributed by atoms with van der Waals surface area (Å²) in [5.41, 5.74) is 5.69. The van der Waals surface area contributed by atoms with Crippen LogP contribution in [0.4, 0.5) is 0 Å². The molecule has 0 spiro atoms. The monoisotopic (exact) mass is 482 g/mol. The molecule has 4 bridgehead atoms. The van der Waals surface area contributed by atoms with Gasteiger partial charge in [0.15, 0.2) is 0 Å². The third-order valence-corrected chi connectivity index (χ3v) is 7.85. The minimum absolute atomic E-state index is 0.253. The number of carbonyl (C=O) groups excluding carboxylic acids is 1. The van der Waals surface area contributed by atoms with E-state index in [2.05, 4.69) is 45.3 Å². The van der Waals surface area contributed by atoms with Crippen LogP contribution < -0.4 is 19.5 Å². The van der Waals surface area contributed by atoms with Gasteiger partial charge < -0.3 is 14.6 Å². The molecule has 0 saturated carbocycles. The summed E-state index contributed by atoms with van der Waals surface area (Å²) in [6.45, 7) is 7.31. The highest BCUT2D eigenvalue weighted by Crippen LogP contribution is 2.40. The van der Waals surface area contributed by atoms with Crippen LogP contribution in [-0.4, -0.2) is 45.1 Å². The van der Waals surface area contributed by atoms with Gasteiger partial charge in [0.25, 0.3) is 5.91 Å². The maximum atomic E-state index is 12.8. The molecular formula is C25H30N4O4S. The van der Waals surface area contributed by atoms with Crippen LogP contribution in [0.5, 0.6) is 5.75 Å². The van der Waals surface area contributed by atoms with Crippen molar-refractivity contribution in [3.63, 3.8) is 0 Å². The molecule has 1 amide bonds.